The molecule has 12 heteroatoms. The highest BCUT2D eigenvalue weighted by Gasteiger charge is 2.27. The summed E-state index contributed by atoms with van der Waals surface area (Å²) in [6.07, 6.45) is 1.31. The van der Waals surface area contributed by atoms with Crippen molar-refractivity contribution in [2.45, 2.75) is 46.8 Å². The first kappa shape index (κ1) is 26.5. The van der Waals surface area contributed by atoms with Gasteiger partial charge < -0.3 is 18.1 Å². The van der Waals surface area contributed by atoms with Crippen LogP contribution in [0.3, 0.4) is 0 Å². The smallest absolute Gasteiger partial charge is 0.453 e. The predicted molar refractivity (Wildman–Crippen MR) is 141 cm³/mol. The van der Waals surface area contributed by atoms with Gasteiger partial charge in [-0.2, -0.15) is 5.21 Å². The fraction of sp³-hybridized carbons (Fsp3) is 0.250. The third-order valence-corrected chi connectivity index (χ3v) is 6.34. The number of aromatic nitrogens is 6. The van der Waals surface area contributed by atoms with Crippen LogP contribution >= 0.6 is 0 Å². The summed E-state index contributed by atoms with van der Waals surface area (Å²) >= 11 is 0. The molecule has 0 bridgehead atoms. The van der Waals surface area contributed by atoms with Crippen LogP contribution in [0.5, 0.6) is 0 Å². The van der Waals surface area contributed by atoms with E-state index in [9.17, 15) is 14.4 Å². The summed E-state index contributed by atoms with van der Waals surface area (Å²) in [5.74, 6) is -0.600. The summed E-state index contributed by atoms with van der Waals surface area (Å²) < 4.78 is 16.9. The Labute approximate surface area is 228 Å². The van der Waals surface area contributed by atoms with Crippen LogP contribution in [0.1, 0.15) is 64.2 Å². The molecule has 0 atom stereocenters. The summed E-state index contributed by atoms with van der Waals surface area (Å²) in [6.45, 7) is 4.84. The molecule has 1 N–H and O–H groups in total. The largest absolute Gasteiger partial charge is 0.519 e. The van der Waals surface area contributed by atoms with E-state index in [1.165, 1.54) is 13.8 Å². The van der Waals surface area contributed by atoms with Crippen LogP contribution in [0.4, 0.5) is 0 Å². The second-order valence-electron chi connectivity index (χ2n) is 9.11. The van der Waals surface area contributed by atoms with Crippen molar-refractivity contribution < 1.29 is 23.2 Å². The van der Waals surface area contributed by atoms with Gasteiger partial charge in [0.15, 0.2) is 29.6 Å². The molecule has 40 heavy (non-hydrogen) atoms. The number of aromatic amines is 1. The fourth-order valence-corrected chi connectivity index (χ4v) is 4.42. The van der Waals surface area contributed by atoms with E-state index >= 15 is 0 Å². The molecule has 0 aliphatic rings. The Morgan fingerprint density at radius 2 is 1.80 bits per heavy atom. The highest BCUT2D eigenvalue weighted by molar-refractivity contribution is 6.03. The van der Waals surface area contributed by atoms with Gasteiger partial charge in [-0.15, -0.1) is 10.2 Å². The van der Waals surface area contributed by atoms with Crippen molar-refractivity contribution in [1.82, 2.24) is 30.2 Å². The van der Waals surface area contributed by atoms with Gasteiger partial charge in [-0.1, -0.05) is 55.5 Å². The second-order valence-corrected chi connectivity index (χ2v) is 9.11. The molecule has 0 amide bonds. The summed E-state index contributed by atoms with van der Waals surface area (Å²) in [4.78, 5) is 41.6. The Morgan fingerprint density at radius 1 is 1.05 bits per heavy atom. The van der Waals surface area contributed by atoms with E-state index in [1.54, 1.807) is 4.57 Å². The van der Waals surface area contributed by atoms with Crippen LogP contribution < -0.4 is 5.82 Å². The third-order valence-electron chi connectivity index (χ3n) is 6.34. The molecule has 0 saturated carbocycles. The SMILES string of the molecule is CCCc1nc(C(C)=O)c(C(=O)OCc2oc(=O)oc2C)n1Cc1ccc(-c2ccccc2-c2nn[nH]n2)cc1. The minimum Gasteiger partial charge on any atom is -0.453 e. The summed E-state index contributed by atoms with van der Waals surface area (Å²) in [5, 5.41) is 14.3. The number of ether oxygens (including phenoxy) is 1. The van der Waals surface area contributed by atoms with Gasteiger partial charge in [-0.05, 0) is 35.2 Å². The standard InChI is InChI=1S/C28H26N6O6/c1-4-7-23-29-24(16(2)35)25(27(36)38-15-22-17(3)39-28(37)40-22)34(23)14-18-10-12-19(13-11-18)20-8-5-6-9-21(20)26-30-32-33-31-26/h5-6,8-13H,4,7,14-15H2,1-3H3,(H,30,31,32,33). The average Bonchev–Trinajstić information content (AvgIpc) is 3.68. The number of benzene rings is 2. The number of imidazole rings is 1. The Hall–Kier alpha value is -5.13. The molecule has 0 unspecified atom stereocenters. The lowest BCUT2D eigenvalue weighted by molar-refractivity contribution is 0.0427. The summed E-state index contributed by atoms with van der Waals surface area (Å²) in [5.41, 5.74) is 3.69. The van der Waals surface area contributed by atoms with E-state index in [1.807, 2.05) is 55.5 Å². The Kier molecular flexibility index (Phi) is 7.49. The zero-order valence-electron chi connectivity index (χ0n) is 22.1. The van der Waals surface area contributed by atoms with Crippen molar-refractivity contribution in [2.75, 3.05) is 0 Å². The number of carbonyl (C=O) groups is 2. The Morgan fingerprint density at radius 3 is 2.42 bits per heavy atom. The second kappa shape index (κ2) is 11.3. The van der Waals surface area contributed by atoms with Crippen LogP contribution in [0.15, 0.2) is 62.2 Å². The van der Waals surface area contributed by atoms with Gasteiger partial charge in [-0.3, -0.25) is 4.79 Å². The Bertz CT molecular complexity index is 1710. The maximum atomic E-state index is 13.3. The lowest BCUT2D eigenvalue weighted by Crippen LogP contribution is -2.17. The van der Waals surface area contributed by atoms with E-state index in [4.69, 9.17) is 13.6 Å². The number of nitrogens with one attached hydrogen (secondary N) is 1. The van der Waals surface area contributed by atoms with Gasteiger partial charge >= 0.3 is 11.8 Å². The molecule has 12 nitrogen and oxygen atoms in total. The minimum absolute atomic E-state index is 0.0319. The first-order chi connectivity index (χ1) is 19.4. The first-order valence-electron chi connectivity index (χ1n) is 12.6. The molecule has 204 valence electrons. The van der Waals surface area contributed by atoms with Crippen LogP contribution in [-0.4, -0.2) is 41.9 Å². The number of H-pyrrole nitrogens is 1. The van der Waals surface area contributed by atoms with E-state index in [0.29, 0.717) is 18.1 Å². The number of nitrogens with zero attached hydrogens (tertiary/aromatic N) is 5. The zero-order chi connectivity index (χ0) is 28.2. The molecule has 3 aromatic heterocycles. The third kappa shape index (κ3) is 5.37. The summed E-state index contributed by atoms with van der Waals surface area (Å²) in [7, 11) is 0. The highest BCUT2D eigenvalue weighted by Crippen LogP contribution is 2.30. The molecule has 0 saturated heterocycles. The maximum Gasteiger partial charge on any atom is 0.519 e. The van der Waals surface area contributed by atoms with Crippen LogP contribution in [0.2, 0.25) is 0 Å². The number of hydrogen-bond acceptors (Lipinski definition) is 10. The average molecular weight is 543 g/mol. The molecule has 3 heterocycles. The van der Waals surface area contributed by atoms with Crippen molar-refractivity contribution >= 4 is 11.8 Å². The normalized spacial score (nSPS) is 11.1. The number of rotatable bonds is 10. The first-order valence-corrected chi connectivity index (χ1v) is 12.6. The minimum atomic E-state index is -0.883. The fourth-order valence-electron chi connectivity index (χ4n) is 4.42. The molecule has 5 rings (SSSR count). The van der Waals surface area contributed by atoms with Gasteiger partial charge in [0.05, 0.1) is 0 Å². The van der Waals surface area contributed by atoms with Gasteiger partial charge in [-0.25, -0.2) is 14.6 Å². The maximum absolute atomic E-state index is 13.3. The van der Waals surface area contributed by atoms with E-state index in [0.717, 1.165) is 28.7 Å². The monoisotopic (exact) mass is 542 g/mol. The molecule has 5 aromatic rings. The number of carbonyl (C=O) groups excluding carboxylic acids is 2. The van der Waals surface area contributed by atoms with Gasteiger partial charge in [0.1, 0.15) is 11.5 Å². The lowest BCUT2D eigenvalue weighted by atomic mass is 9.98. The molecular weight excluding hydrogens is 516 g/mol. The molecular formula is C28H26N6O6. The van der Waals surface area contributed by atoms with Crippen molar-refractivity contribution in [3.8, 4) is 22.5 Å². The van der Waals surface area contributed by atoms with Gasteiger partial charge in [0.2, 0.25) is 5.82 Å². The van der Waals surface area contributed by atoms with Gasteiger partial charge in [0, 0.05) is 25.5 Å². The molecule has 0 spiro atoms. The van der Waals surface area contributed by atoms with Crippen LogP contribution in [0, 0.1) is 6.92 Å². The molecule has 0 aliphatic heterocycles. The zero-order valence-corrected chi connectivity index (χ0v) is 22.1. The molecule has 0 fully saturated rings. The highest BCUT2D eigenvalue weighted by atomic mass is 16.6. The topological polar surface area (TPSA) is 159 Å². The number of tetrazole rings is 1. The molecule has 0 aliphatic carbocycles. The van der Waals surface area contributed by atoms with E-state index in [-0.39, 0.29) is 41.8 Å². The molecule has 0 radical (unpaired) electrons. The predicted octanol–water partition coefficient (Wildman–Crippen LogP) is 4.15. The Balaban J connectivity index is 1.46. The van der Waals surface area contributed by atoms with Crippen molar-refractivity contribution in [3.63, 3.8) is 0 Å². The van der Waals surface area contributed by atoms with Crippen molar-refractivity contribution in [3.05, 3.63) is 93.4 Å². The quantitative estimate of drug-likeness (QED) is 0.201. The van der Waals surface area contributed by atoms with E-state index in [2.05, 4.69) is 25.6 Å². The van der Waals surface area contributed by atoms with E-state index < -0.39 is 11.8 Å². The number of aryl methyl sites for hydroxylation is 2. The number of esters is 1. The summed E-state index contributed by atoms with van der Waals surface area (Å²) in [6, 6.07) is 15.6. The van der Waals surface area contributed by atoms with Crippen LogP contribution in [-0.2, 0) is 24.3 Å². The number of ketones is 1. The van der Waals surface area contributed by atoms with Crippen molar-refractivity contribution in [1.29, 1.82) is 0 Å². The number of hydrogen-bond donors (Lipinski definition) is 1. The van der Waals surface area contributed by atoms with Crippen molar-refractivity contribution in [2.24, 2.45) is 0 Å². The lowest BCUT2D eigenvalue weighted by Gasteiger charge is -2.13. The van der Waals surface area contributed by atoms with Crippen LogP contribution in [0.25, 0.3) is 22.5 Å². The number of Topliss-reactive ketones (excluding diaryl/α,β-unsaturated/α-hetero) is 1. The molecule has 2 aromatic carbocycles. The van der Waals surface area contributed by atoms with Gasteiger partial charge in [0.25, 0.3) is 0 Å².